The maximum absolute atomic E-state index is 12.9. The molecule has 3 N–H and O–H groups in total. The zero-order valence-electron chi connectivity index (χ0n) is 17.4. The van der Waals surface area contributed by atoms with Crippen molar-refractivity contribution in [3.05, 3.63) is 78.0 Å². The van der Waals surface area contributed by atoms with Crippen molar-refractivity contribution < 1.29 is 19.4 Å². The first-order chi connectivity index (χ1) is 15.0. The summed E-state index contributed by atoms with van der Waals surface area (Å²) in [7, 11) is 1.62. The van der Waals surface area contributed by atoms with Gasteiger partial charge in [0, 0.05) is 23.5 Å². The zero-order chi connectivity index (χ0) is 22.0. The van der Waals surface area contributed by atoms with Gasteiger partial charge in [-0.2, -0.15) is 0 Å². The first-order valence-corrected chi connectivity index (χ1v) is 10.1. The van der Waals surface area contributed by atoms with Gasteiger partial charge in [-0.15, -0.1) is 0 Å². The quantitative estimate of drug-likeness (QED) is 0.420. The number of amides is 1. The Morgan fingerprint density at radius 2 is 1.81 bits per heavy atom. The van der Waals surface area contributed by atoms with E-state index in [-0.39, 0.29) is 12.3 Å². The number of fused-ring (bicyclic) bond motifs is 2. The Balaban J connectivity index is 1.52. The molecular formula is C25H24N2O4. The second kappa shape index (κ2) is 8.52. The fraction of sp³-hybridized carbons (Fsp3) is 0.200. The maximum atomic E-state index is 12.9. The molecule has 0 aliphatic heterocycles. The SMILES string of the molecule is COc1ccc2cc(C(C)C(=O)N[C@@H](Cc3c[nH]c4ccccc34)C(=O)O)ccc2c1. The van der Waals surface area contributed by atoms with Gasteiger partial charge in [0.2, 0.25) is 5.91 Å². The van der Waals surface area contributed by atoms with E-state index in [2.05, 4.69) is 10.3 Å². The fourth-order valence-electron chi connectivity index (χ4n) is 3.81. The summed E-state index contributed by atoms with van der Waals surface area (Å²) in [5.41, 5.74) is 2.62. The smallest absolute Gasteiger partial charge is 0.326 e. The van der Waals surface area contributed by atoms with Crippen LogP contribution < -0.4 is 10.1 Å². The number of hydrogen-bond acceptors (Lipinski definition) is 3. The molecule has 2 atom stereocenters. The highest BCUT2D eigenvalue weighted by Crippen LogP contribution is 2.26. The number of carbonyl (C=O) groups is 2. The van der Waals surface area contributed by atoms with E-state index in [4.69, 9.17) is 4.74 Å². The summed E-state index contributed by atoms with van der Waals surface area (Å²) in [5, 5.41) is 15.4. The van der Waals surface area contributed by atoms with Crippen LogP contribution in [0.25, 0.3) is 21.7 Å². The monoisotopic (exact) mass is 416 g/mol. The molecule has 0 fully saturated rings. The molecule has 0 saturated carbocycles. The topological polar surface area (TPSA) is 91.4 Å². The Morgan fingerprint density at radius 1 is 1.06 bits per heavy atom. The van der Waals surface area contributed by atoms with Gasteiger partial charge in [-0.1, -0.05) is 42.5 Å². The molecule has 31 heavy (non-hydrogen) atoms. The number of carboxylic acid groups (broad SMARTS) is 1. The summed E-state index contributed by atoms with van der Waals surface area (Å²) < 4.78 is 5.25. The number of aromatic nitrogens is 1. The Hall–Kier alpha value is -3.80. The molecule has 1 heterocycles. The summed E-state index contributed by atoms with van der Waals surface area (Å²) in [4.78, 5) is 27.9. The van der Waals surface area contributed by atoms with Crippen LogP contribution >= 0.6 is 0 Å². The van der Waals surface area contributed by atoms with Gasteiger partial charge in [0.15, 0.2) is 0 Å². The fourth-order valence-corrected chi connectivity index (χ4v) is 3.81. The third kappa shape index (κ3) is 4.23. The van der Waals surface area contributed by atoms with Crippen LogP contribution in [0.15, 0.2) is 66.9 Å². The molecule has 0 aliphatic carbocycles. The summed E-state index contributed by atoms with van der Waals surface area (Å²) >= 11 is 0. The molecule has 6 heteroatoms. The van der Waals surface area contributed by atoms with Crippen LogP contribution in [0.3, 0.4) is 0 Å². The highest BCUT2D eigenvalue weighted by molar-refractivity contribution is 5.91. The van der Waals surface area contributed by atoms with Crippen LogP contribution in [0.1, 0.15) is 24.0 Å². The molecule has 1 aromatic heterocycles. The normalized spacial score (nSPS) is 13.1. The predicted octanol–water partition coefficient (Wildman–Crippen LogP) is 4.25. The van der Waals surface area contributed by atoms with Crippen LogP contribution in [0.2, 0.25) is 0 Å². The lowest BCUT2D eigenvalue weighted by atomic mass is 9.96. The summed E-state index contributed by atoms with van der Waals surface area (Å²) in [6.07, 6.45) is 2.00. The second-order valence-electron chi connectivity index (χ2n) is 7.66. The van der Waals surface area contributed by atoms with E-state index >= 15 is 0 Å². The van der Waals surface area contributed by atoms with Gasteiger partial charge >= 0.3 is 5.97 Å². The van der Waals surface area contributed by atoms with Crippen molar-refractivity contribution in [2.75, 3.05) is 7.11 Å². The van der Waals surface area contributed by atoms with Gasteiger partial charge < -0.3 is 20.1 Å². The van der Waals surface area contributed by atoms with Gasteiger partial charge in [-0.3, -0.25) is 4.79 Å². The number of para-hydroxylation sites is 1. The first-order valence-electron chi connectivity index (χ1n) is 10.1. The Morgan fingerprint density at radius 3 is 2.58 bits per heavy atom. The minimum absolute atomic E-state index is 0.204. The van der Waals surface area contributed by atoms with Crippen molar-refractivity contribution in [1.82, 2.24) is 10.3 Å². The highest BCUT2D eigenvalue weighted by Gasteiger charge is 2.25. The van der Waals surface area contributed by atoms with Gasteiger partial charge in [0.1, 0.15) is 11.8 Å². The molecule has 0 radical (unpaired) electrons. The number of H-pyrrole nitrogens is 1. The van der Waals surface area contributed by atoms with E-state index in [0.29, 0.717) is 0 Å². The van der Waals surface area contributed by atoms with Crippen molar-refractivity contribution in [3.63, 3.8) is 0 Å². The summed E-state index contributed by atoms with van der Waals surface area (Å²) in [5.74, 6) is -1.10. The van der Waals surface area contributed by atoms with Crippen molar-refractivity contribution in [2.24, 2.45) is 0 Å². The van der Waals surface area contributed by atoms with Crippen LogP contribution in [-0.4, -0.2) is 35.1 Å². The number of carbonyl (C=O) groups excluding carboxylic acids is 1. The number of ether oxygens (including phenoxy) is 1. The highest BCUT2D eigenvalue weighted by atomic mass is 16.5. The van der Waals surface area contributed by atoms with Gasteiger partial charge in [-0.25, -0.2) is 4.79 Å². The van der Waals surface area contributed by atoms with Crippen molar-refractivity contribution in [2.45, 2.75) is 25.3 Å². The molecule has 3 aromatic carbocycles. The summed E-state index contributed by atoms with van der Waals surface area (Å²) in [6.45, 7) is 1.78. The molecule has 1 amide bonds. The maximum Gasteiger partial charge on any atom is 0.326 e. The number of hydrogen-bond donors (Lipinski definition) is 3. The van der Waals surface area contributed by atoms with E-state index in [1.54, 1.807) is 20.2 Å². The van der Waals surface area contributed by atoms with E-state index < -0.39 is 17.9 Å². The Labute approximate surface area is 179 Å². The van der Waals surface area contributed by atoms with E-state index in [1.165, 1.54) is 0 Å². The number of carboxylic acids is 1. The third-order valence-electron chi connectivity index (χ3n) is 5.68. The minimum atomic E-state index is -1.06. The number of rotatable bonds is 7. The van der Waals surface area contributed by atoms with Gasteiger partial charge in [0.25, 0.3) is 0 Å². The number of aromatic amines is 1. The van der Waals surface area contributed by atoms with Crippen molar-refractivity contribution in [1.29, 1.82) is 0 Å². The lowest BCUT2D eigenvalue weighted by molar-refractivity contribution is -0.141. The third-order valence-corrected chi connectivity index (χ3v) is 5.68. The van der Waals surface area contributed by atoms with Crippen molar-refractivity contribution in [3.8, 4) is 5.75 Å². The van der Waals surface area contributed by atoms with E-state index in [9.17, 15) is 14.7 Å². The molecule has 4 aromatic rings. The number of aliphatic carboxylic acids is 1. The van der Waals surface area contributed by atoms with Crippen LogP contribution in [0.5, 0.6) is 5.75 Å². The first kappa shape index (κ1) is 20.5. The molecule has 4 rings (SSSR count). The molecule has 0 bridgehead atoms. The molecule has 1 unspecified atom stereocenters. The average Bonchev–Trinajstić information content (AvgIpc) is 3.20. The molecule has 0 aliphatic rings. The zero-order valence-corrected chi connectivity index (χ0v) is 17.4. The molecule has 0 spiro atoms. The molecular weight excluding hydrogens is 392 g/mol. The lowest BCUT2D eigenvalue weighted by Gasteiger charge is -2.18. The molecule has 6 nitrogen and oxygen atoms in total. The van der Waals surface area contributed by atoms with E-state index in [0.717, 1.165) is 38.6 Å². The predicted molar refractivity (Wildman–Crippen MR) is 120 cm³/mol. The van der Waals surface area contributed by atoms with Gasteiger partial charge in [0.05, 0.1) is 13.0 Å². The standard InChI is InChI=1S/C25H24N2O4/c1-15(16-7-8-18-12-20(31-2)10-9-17(18)11-16)24(28)27-23(25(29)30)13-19-14-26-22-6-4-3-5-21(19)22/h3-12,14-15,23,26H,13H2,1-2H3,(H,27,28)(H,29,30)/t15?,23-/m0/s1. The van der Waals surface area contributed by atoms with Crippen LogP contribution in [0, 0.1) is 0 Å². The molecule has 0 saturated heterocycles. The van der Waals surface area contributed by atoms with Crippen LogP contribution in [-0.2, 0) is 16.0 Å². The molecule has 158 valence electrons. The Bertz CT molecular complexity index is 1260. The van der Waals surface area contributed by atoms with E-state index in [1.807, 2.05) is 60.7 Å². The Kier molecular flexibility index (Phi) is 5.62. The minimum Gasteiger partial charge on any atom is -0.497 e. The summed E-state index contributed by atoms with van der Waals surface area (Å²) in [6, 6.07) is 18.2. The van der Waals surface area contributed by atoms with Crippen molar-refractivity contribution >= 4 is 33.6 Å². The number of methoxy groups -OCH3 is 1. The van der Waals surface area contributed by atoms with Crippen LogP contribution in [0.4, 0.5) is 0 Å². The average molecular weight is 416 g/mol. The number of benzene rings is 3. The largest absolute Gasteiger partial charge is 0.497 e. The second-order valence-corrected chi connectivity index (χ2v) is 7.66. The van der Waals surface area contributed by atoms with Gasteiger partial charge in [-0.05, 0) is 47.0 Å². The number of nitrogens with one attached hydrogen (secondary N) is 2. The lowest BCUT2D eigenvalue weighted by Crippen LogP contribution is -2.44.